The molecule has 6 heteroatoms. The van der Waals surface area contributed by atoms with Crippen LogP contribution in [-0.4, -0.2) is 23.0 Å². The second-order valence-electron chi connectivity index (χ2n) is 4.57. The SMILES string of the molecule is C[C@H](Cc1ccccn1)OC(=O)c1ccccc1C(=O)[O-].[Na+]. The number of hydrogen-bond acceptors (Lipinski definition) is 5. The number of rotatable bonds is 5. The van der Waals surface area contributed by atoms with E-state index in [2.05, 4.69) is 4.98 Å². The summed E-state index contributed by atoms with van der Waals surface area (Å²) >= 11 is 0. The molecular weight excluding hydrogens is 293 g/mol. The fourth-order valence-corrected chi connectivity index (χ4v) is 1.94. The molecule has 22 heavy (non-hydrogen) atoms. The molecular formula is C16H14NNaO4. The molecule has 0 aliphatic rings. The van der Waals surface area contributed by atoms with Gasteiger partial charge >= 0.3 is 35.5 Å². The molecule has 0 radical (unpaired) electrons. The first-order valence-electron chi connectivity index (χ1n) is 6.49. The molecule has 0 saturated heterocycles. The van der Waals surface area contributed by atoms with Gasteiger partial charge in [0.1, 0.15) is 6.10 Å². The van der Waals surface area contributed by atoms with E-state index in [1.807, 2.05) is 12.1 Å². The monoisotopic (exact) mass is 307 g/mol. The third kappa shape index (κ3) is 4.94. The molecule has 0 amide bonds. The number of esters is 1. The molecule has 1 aromatic carbocycles. The van der Waals surface area contributed by atoms with Gasteiger partial charge in [-0.05, 0) is 25.1 Å². The molecule has 0 saturated carbocycles. The molecule has 0 aliphatic carbocycles. The van der Waals surface area contributed by atoms with Gasteiger partial charge in [0.15, 0.2) is 0 Å². The molecule has 2 aromatic rings. The third-order valence-electron chi connectivity index (χ3n) is 2.90. The summed E-state index contributed by atoms with van der Waals surface area (Å²) in [6, 6.07) is 11.3. The van der Waals surface area contributed by atoms with Gasteiger partial charge in [0.2, 0.25) is 0 Å². The van der Waals surface area contributed by atoms with Crippen molar-refractivity contribution in [2.75, 3.05) is 0 Å². The Morgan fingerprint density at radius 3 is 2.36 bits per heavy atom. The van der Waals surface area contributed by atoms with E-state index in [4.69, 9.17) is 4.74 Å². The van der Waals surface area contributed by atoms with E-state index in [9.17, 15) is 14.7 Å². The molecule has 2 rings (SSSR count). The summed E-state index contributed by atoms with van der Waals surface area (Å²) in [5.41, 5.74) is 0.615. The van der Waals surface area contributed by atoms with E-state index in [1.54, 1.807) is 25.3 Å². The van der Waals surface area contributed by atoms with Crippen LogP contribution >= 0.6 is 0 Å². The second kappa shape index (κ2) is 8.68. The van der Waals surface area contributed by atoms with E-state index in [-0.39, 0.29) is 40.7 Å². The minimum Gasteiger partial charge on any atom is -0.545 e. The number of carbonyl (C=O) groups is 2. The van der Waals surface area contributed by atoms with E-state index < -0.39 is 18.0 Å². The summed E-state index contributed by atoms with van der Waals surface area (Å²) in [5, 5.41) is 11.0. The number of carboxylic acids is 1. The molecule has 1 atom stereocenters. The van der Waals surface area contributed by atoms with Gasteiger partial charge in [0.05, 0.1) is 11.5 Å². The number of carbonyl (C=O) groups excluding carboxylic acids is 2. The Morgan fingerprint density at radius 1 is 1.14 bits per heavy atom. The number of aromatic carboxylic acids is 1. The minimum absolute atomic E-state index is 0. The maximum atomic E-state index is 12.0. The molecule has 0 bridgehead atoms. The summed E-state index contributed by atoms with van der Waals surface area (Å²) in [7, 11) is 0. The van der Waals surface area contributed by atoms with Crippen LogP contribution < -0.4 is 34.7 Å². The molecule has 0 N–H and O–H groups in total. The van der Waals surface area contributed by atoms with Gasteiger partial charge in [-0.3, -0.25) is 4.98 Å². The zero-order valence-corrected chi connectivity index (χ0v) is 14.5. The fraction of sp³-hybridized carbons (Fsp3) is 0.188. The van der Waals surface area contributed by atoms with E-state index in [0.29, 0.717) is 6.42 Å². The van der Waals surface area contributed by atoms with E-state index >= 15 is 0 Å². The van der Waals surface area contributed by atoms with Crippen LogP contribution in [0.4, 0.5) is 0 Å². The molecule has 0 fully saturated rings. The number of pyridine rings is 1. The minimum atomic E-state index is -1.40. The predicted octanol–water partition coefficient (Wildman–Crippen LogP) is -1.76. The van der Waals surface area contributed by atoms with Crippen molar-refractivity contribution >= 4 is 11.9 Å². The van der Waals surface area contributed by atoms with E-state index in [1.165, 1.54) is 18.2 Å². The predicted molar refractivity (Wildman–Crippen MR) is 73.6 cm³/mol. The van der Waals surface area contributed by atoms with Gasteiger partial charge in [-0.1, -0.05) is 24.3 Å². The van der Waals surface area contributed by atoms with Crippen LogP contribution in [0.1, 0.15) is 33.3 Å². The molecule has 5 nitrogen and oxygen atoms in total. The van der Waals surface area contributed by atoms with Crippen LogP contribution in [0.3, 0.4) is 0 Å². The van der Waals surface area contributed by atoms with Crippen LogP contribution in [0.15, 0.2) is 48.7 Å². The van der Waals surface area contributed by atoms with Crippen LogP contribution in [0.25, 0.3) is 0 Å². The van der Waals surface area contributed by atoms with Gasteiger partial charge in [-0.25, -0.2) is 4.79 Å². The maximum absolute atomic E-state index is 12.0. The van der Waals surface area contributed by atoms with Crippen molar-refractivity contribution in [3.05, 3.63) is 65.5 Å². The number of nitrogens with zero attached hydrogens (tertiary/aromatic N) is 1. The van der Waals surface area contributed by atoms with Crippen LogP contribution in [0.2, 0.25) is 0 Å². The normalized spacial score (nSPS) is 11.1. The Hall–Kier alpha value is -1.69. The Kier molecular flexibility index (Phi) is 7.24. The van der Waals surface area contributed by atoms with Crippen LogP contribution in [0, 0.1) is 0 Å². The Balaban J connectivity index is 0.00000242. The zero-order valence-electron chi connectivity index (χ0n) is 12.5. The number of carboxylic acid groups (broad SMARTS) is 1. The average molecular weight is 307 g/mol. The van der Waals surface area contributed by atoms with Crippen molar-refractivity contribution in [2.45, 2.75) is 19.4 Å². The van der Waals surface area contributed by atoms with Crippen molar-refractivity contribution in [2.24, 2.45) is 0 Å². The summed E-state index contributed by atoms with van der Waals surface area (Å²) in [4.78, 5) is 27.2. The molecule has 0 unspecified atom stereocenters. The number of benzene rings is 1. The number of hydrogen-bond donors (Lipinski definition) is 0. The molecule has 0 aliphatic heterocycles. The largest absolute Gasteiger partial charge is 1.00 e. The van der Waals surface area contributed by atoms with Gasteiger partial charge < -0.3 is 14.6 Å². The number of ether oxygens (including phenoxy) is 1. The summed E-state index contributed by atoms with van der Waals surface area (Å²) in [6.07, 6.45) is 1.71. The first kappa shape index (κ1) is 18.4. The quantitative estimate of drug-likeness (QED) is 0.483. The number of aromatic nitrogens is 1. The van der Waals surface area contributed by atoms with Gasteiger partial charge in [-0.2, -0.15) is 0 Å². The molecule has 1 aromatic heterocycles. The average Bonchev–Trinajstić information content (AvgIpc) is 2.48. The van der Waals surface area contributed by atoms with Gasteiger partial charge in [0.25, 0.3) is 0 Å². The van der Waals surface area contributed by atoms with Crippen LogP contribution in [-0.2, 0) is 11.2 Å². The Bertz CT molecular complexity index is 646. The standard InChI is InChI=1S/C16H15NO4.Na/c1-11(10-12-6-4-5-9-17-12)21-16(20)14-8-3-2-7-13(14)15(18)19;/h2-9,11H,10H2,1H3,(H,18,19);/q;+1/p-1/t11-;/m1./s1. The Labute approximate surface area is 150 Å². The van der Waals surface area contributed by atoms with Crippen molar-refractivity contribution in [3.8, 4) is 0 Å². The van der Waals surface area contributed by atoms with Gasteiger partial charge in [-0.15, -0.1) is 0 Å². The fourth-order valence-electron chi connectivity index (χ4n) is 1.94. The van der Waals surface area contributed by atoms with Crippen molar-refractivity contribution < 1.29 is 49.0 Å². The molecule has 1 heterocycles. The summed E-state index contributed by atoms with van der Waals surface area (Å²) in [5.74, 6) is -2.09. The Morgan fingerprint density at radius 2 is 1.77 bits per heavy atom. The summed E-state index contributed by atoms with van der Waals surface area (Å²) in [6.45, 7) is 1.73. The molecule has 108 valence electrons. The maximum Gasteiger partial charge on any atom is 1.00 e. The molecule has 0 spiro atoms. The second-order valence-corrected chi connectivity index (χ2v) is 4.57. The smallest absolute Gasteiger partial charge is 0.545 e. The van der Waals surface area contributed by atoms with Crippen molar-refractivity contribution in [1.82, 2.24) is 4.98 Å². The van der Waals surface area contributed by atoms with Crippen LogP contribution in [0.5, 0.6) is 0 Å². The van der Waals surface area contributed by atoms with E-state index in [0.717, 1.165) is 5.69 Å². The van der Waals surface area contributed by atoms with Gasteiger partial charge in [0, 0.05) is 23.9 Å². The first-order valence-corrected chi connectivity index (χ1v) is 6.49. The van der Waals surface area contributed by atoms with Crippen molar-refractivity contribution in [3.63, 3.8) is 0 Å². The summed E-state index contributed by atoms with van der Waals surface area (Å²) < 4.78 is 5.26. The first-order chi connectivity index (χ1) is 10.1. The topological polar surface area (TPSA) is 79.3 Å². The van der Waals surface area contributed by atoms with Crippen molar-refractivity contribution in [1.29, 1.82) is 0 Å². The third-order valence-corrected chi connectivity index (χ3v) is 2.90. The zero-order chi connectivity index (χ0) is 15.2.